The number of halogens is 3. The first-order valence-corrected chi connectivity index (χ1v) is 11.3. The van der Waals surface area contributed by atoms with E-state index in [1.54, 1.807) is 19.1 Å². The summed E-state index contributed by atoms with van der Waals surface area (Å²) in [5.41, 5.74) is 1.18. The van der Waals surface area contributed by atoms with Gasteiger partial charge in [-0.1, -0.05) is 11.6 Å². The Morgan fingerprint density at radius 1 is 1.17 bits per heavy atom. The zero-order chi connectivity index (χ0) is 21.9. The van der Waals surface area contributed by atoms with Crippen molar-refractivity contribution in [2.75, 3.05) is 11.1 Å². The van der Waals surface area contributed by atoms with Gasteiger partial charge < -0.3 is 10.1 Å². The maximum absolute atomic E-state index is 12.4. The van der Waals surface area contributed by atoms with Crippen LogP contribution in [0.4, 0.5) is 13.9 Å². The molecule has 0 radical (unpaired) electrons. The molecule has 0 atom stereocenters. The molecule has 1 aromatic heterocycles. The highest BCUT2D eigenvalue weighted by Crippen LogP contribution is 2.31. The number of anilines is 1. The second kappa shape index (κ2) is 9.07. The Kier molecular flexibility index (Phi) is 6.69. The van der Waals surface area contributed by atoms with Gasteiger partial charge in [0.15, 0.2) is 15.0 Å². The van der Waals surface area contributed by atoms with Crippen molar-refractivity contribution in [2.24, 2.45) is 0 Å². The third-order valence-corrected chi connectivity index (χ3v) is 6.66. The molecule has 0 saturated carbocycles. The molecule has 1 heterocycles. The molecule has 0 aliphatic carbocycles. The largest absolute Gasteiger partial charge is 0.435 e. The number of alkyl halides is 2. The Balaban J connectivity index is 1.70. The predicted molar refractivity (Wildman–Crippen MR) is 111 cm³/mol. The predicted octanol–water partition coefficient (Wildman–Crippen LogP) is 4.79. The normalized spacial score (nSPS) is 11.5. The molecule has 0 saturated heterocycles. The number of nitrogens with one attached hydrogen (secondary N) is 1. The highest BCUT2D eigenvalue weighted by molar-refractivity contribution is 7.92. The zero-order valence-electron chi connectivity index (χ0n) is 15.4. The number of sulfone groups is 1. The van der Waals surface area contributed by atoms with E-state index in [9.17, 15) is 22.0 Å². The van der Waals surface area contributed by atoms with Crippen molar-refractivity contribution in [1.29, 1.82) is 0 Å². The number of hydrogen-bond acceptors (Lipinski definition) is 6. The lowest BCUT2D eigenvalue weighted by Gasteiger charge is -2.05. The van der Waals surface area contributed by atoms with E-state index in [4.69, 9.17) is 11.6 Å². The summed E-state index contributed by atoms with van der Waals surface area (Å²) in [6.45, 7) is -1.14. The third kappa shape index (κ3) is 5.53. The summed E-state index contributed by atoms with van der Waals surface area (Å²) in [5.74, 6) is -1.46. The second-order valence-corrected chi connectivity index (χ2v) is 9.72. The lowest BCUT2D eigenvalue weighted by molar-refractivity contribution is -0.113. The van der Waals surface area contributed by atoms with Gasteiger partial charge in [-0.15, -0.1) is 11.3 Å². The van der Waals surface area contributed by atoms with Crippen LogP contribution in [-0.4, -0.2) is 31.7 Å². The Bertz CT molecular complexity index is 1150. The fourth-order valence-corrected chi connectivity index (χ4v) is 4.68. The van der Waals surface area contributed by atoms with Gasteiger partial charge in [0.25, 0.3) is 0 Å². The van der Waals surface area contributed by atoms with Crippen LogP contribution in [-0.2, 0) is 14.6 Å². The molecule has 3 rings (SSSR count). The number of aryl methyl sites for hydroxylation is 1. The quantitative estimate of drug-likeness (QED) is 0.534. The number of aromatic nitrogens is 1. The average Bonchev–Trinajstić information content (AvgIpc) is 3.01. The Hall–Kier alpha value is -2.56. The van der Waals surface area contributed by atoms with E-state index < -0.39 is 28.1 Å². The van der Waals surface area contributed by atoms with Crippen LogP contribution >= 0.6 is 22.9 Å². The maximum Gasteiger partial charge on any atom is 0.387 e. The molecule has 1 N–H and O–H groups in total. The van der Waals surface area contributed by atoms with E-state index >= 15 is 0 Å². The molecule has 0 fully saturated rings. The first kappa shape index (κ1) is 22.1. The van der Waals surface area contributed by atoms with Crippen molar-refractivity contribution >= 4 is 43.8 Å². The molecule has 30 heavy (non-hydrogen) atoms. The molecular weight excluding hydrogens is 458 g/mol. The summed E-state index contributed by atoms with van der Waals surface area (Å²) in [7, 11) is -3.84. The summed E-state index contributed by atoms with van der Waals surface area (Å²) in [6.07, 6.45) is 0. The van der Waals surface area contributed by atoms with Crippen molar-refractivity contribution in [3.63, 3.8) is 0 Å². The summed E-state index contributed by atoms with van der Waals surface area (Å²) >= 11 is 6.92. The van der Waals surface area contributed by atoms with Crippen LogP contribution in [0.15, 0.2) is 53.4 Å². The summed E-state index contributed by atoms with van der Waals surface area (Å²) in [4.78, 5) is 17.3. The van der Waals surface area contributed by atoms with Gasteiger partial charge in [-0.3, -0.25) is 4.79 Å². The second-order valence-electron chi connectivity index (χ2n) is 6.09. The van der Waals surface area contributed by atoms with Crippen LogP contribution in [0.1, 0.15) is 4.88 Å². The van der Waals surface area contributed by atoms with Gasteiger partial charge in [-0.05, 0) is 55.5 Å². The molecule has 0 aliphatic heterocycles. The molecule has 158 valence electrons. The molecular formula is C19H15ClF2N2O4S2. The van der Waals surface area contributed by atoms with Crippen LogP contribution in [0.5, 0.6) is 5.75 Å². The molecule has 6 nitrogen and oxygen atoms in total. The number of amides is 1. The number of benzene rings is 2. The van der Waals surface area contributed by atoms with Gasteiger partial charge in [-0.25, -0.2) is 13.4 Å². The fourth-order valence-electron chi connectivity index (χ4n) is 2.57. The zero-order valence-corrected chi connectivity index (χ0v) is 17.8. The number of thiazole rings is 1. The Morgan fingerprint density at radius 2 is 1.80 bits per heavy atom. The highest BCUT2D eigenvalue weighted by atomic mass is 35.5. The fraction of sp³-hybridized carbons (Fsp3) is 0.158. The van der Waals surface area contributed by atoms with Gasteiger partial charge in [-0.2, -0.15) is 8.78 Å². The SMILES string of the molecule is Cc1sc(NC(=O)CS(=O)(=O)c2ccc(Cl)cc2)nc1-c1ccc(OC(F)F)cc1. The number of nitrogens with zero attached hydrogens (tertiary/aromatic N) is 1. The lowest BCUT2D eigenvalue weighted by atomic mass is 10.1. The summed E-state index contributed by atoms with van der Waals surface area (Å²) < 4.78 is 53.5. The summed E-state index contributed by atoms with van der Waals surface area (Å²) in [6, 6.07) is 11.4. The van der Waals surface area contributed by atoms with E-state index in [1.807, 2.05) is 0 Å². The van der Waals surface area contributed by atoms with Crippen molar-refractivity contribution in [1.82, 2.24) is 4.98 Å². The molecule has 0 aliphatic rings. The minimum Gasteiger partial charge on any atom is -0.435 e. The standard InChI is InChI=1S/C19H15ClF2N2O4S2/c1-11-17(12-2-6-14(7-3-12)28-18(21)22)24-19(29-11)23-16(25)10-30(26,27)15-8-4-13(20)5-9-15/h2-9,18H,10H2,1H3,(H,23,24,25). The summed E-state index contributed by atoms with van der Waals surface area (Å²) in [5, 5.41) is 3.10. The number of carbonyl (C=O) groups is 1. The van der Waals surface area contributed by atoms with Gasteiger partial charge >= 0.3 is 6.61 Å². The van der Waals surface area contributed by atoms with Gasteiger partial charge in [0.2, 0.25) is 5.91 Å². The van der Waals surface area contributed by atoms with Crippen LogP contribution in [0.25, 0.3) is 11.3 Å². The first-order chi connectivity index (χ1) is 14.1. The van der Waals surface area contributed by atoms with Crippen molar-refractivity contribution in [3.8, 4) is 17.0 Å². The van der Waals surface area contributed by atoms with Crippen LogP contribution in [0, 0.1) is 6.92 Å². The number of hydrogen-bond donors (Lipinski definition) is 1. The van der Waals surface area contributed by atoms with Crippen molar-refractivity contribution < 1.29 is 26.7 Å². The van der Waals surface area contributed by atoms with Crippen LogP contribution < -0.4 is 10.1 Å². The molecule has 0 bridgehead atoms. The maximum atomic E-state index is 12.4. The highest BCUT2D eigenvalue weighted by Gasteiger charge is 2.21. The average molecular weight is 473 g/mol. The molecule has 2 aromatic carbocycles. The molecule has 1 amide bonds. The number of ether oxygens (including phenoxy) is 1. The number of carbonyl (C=O) groups excluding carboxylic acids is 1. The molecule has 0 spiro atoms. The molecule has 0 unspecified atom stereocenters. The van der Waals surface area contributed by atoms with E-state index in [1.165, 1.54) is 47.7 Å². The van der Waals surface area contributed by atoms with Gasteiger partial charge in [0.1, 0.15) is 11.5 Å². The minimum atomic E-state index is -3.84. The minimum absolute atomic E-state index is 0.0100. The van der Waals surface area contributed by atoms with E-state index in [0.717, 1.165) is 4.88 Å². The van der Waals surface area contributed by atoms with Crippen molar-refractivity contribution in [3.05, 3.63) is 58.4 Å². The van der Waals surface area contributed by atoms with Gasteiger partial charge in [0, 0.05) is 15.5 Å². The monoisotopic (exact) mass is 472 g/mol. The van der Waals surface area contributed by atoms with E-state index in [0.29, 0.717) is 16.3 Å². The first-order valence-electron chi connectivity index (χ1n) is 8.45. The molecule has 11 heteroatoms. The molecule has 3 aromatic rings. The van der Waals surface area contributed by atoms with E-state index in [-0.39, 0.29) is 15.8 Å². The Morgan fingerprint density at radius 3 is 2.40 bits per heavy atom. The Labute approximate surface area is 180 Å². The van der Waals surface area contributed by atoms with Gasteiger partial charge in [0.05, 0.1) is 10.6 Å². The number of rotatable bonds is 7. The van der Waals surface area contributed by atoms with E-state index in [2.05, 4.69) is 15.0 Å². The van der Waals surface area contributed by atoms with Crippen molar-refractivity contribution in [2.45, 2.75) is 18.4 Å². The smallest absolute Gasteiger partial charge is 0.387 e. The topological polar surface area (TPSA) is 85.4 Å². The third-order valence-electron chi connectivity index (χ3n) is 3.89. The van der Waals surface area contributed by atoms with Crippen LogP contribution in [0.3, 0.4) is 0 Å². The lowest BCUT2D eigenvalue weighted by Crippen LogP contribution is -2.22. The van der Waals surface area contributed by atoms with Crippen LogP contribution in [0.2, 0.25) is 5.02 Å².